The fourth-order valence-electron chi connectivity index (χ4n) is 2.23. The molecular formula is C18H36N4O3. The molecule has 7 heteroatoms. The standard InChI is InChI=1S/C18H36N4O3/c1-7-22(17(23)25-18(2,3)4)11-10-20-16(19-5)21(6)12-13-24-14-15-8-9-15/h15H,7-14H2,1-6H3,(H,19,20). The Labute approximate surface area is 152 Å². The number of ether oxygens (including phenoxy) is 2. The Hall–Kier alpha value is -1.50. The second-order valence-corrected chi connectivity index (χ2v) is 7.47. The Kier molecular flexibility index (Phi) is 9.03. The fourth-order valence-corrected chi connectivity index (χ4v) is 2.23. The van der Waals surface area contributed by atoms with Gasteiger partial charge in [-0.1, -0.05) is 0 Å². The molecular weight excluding hydrogens is 320 g/mol. The third kappa shape index (κ3) is 9.53. The lowest BCUT2D eigenvalue weighted by atomic mass is 10.2. The van der Waals surface area contributed by atoms with Gasteiger partial charge in [0.1, 0.15) is 5.60 Å². The smallest absolute Gasteiger partial charge is 0.410 e. The molecule has 0 spiro atoms. The van der Waals surface area contributed by atoms with Gasteiger partial charge in [-0.25, -0.2) is 4.79 Å². The highest BCUT2D eigenvalue weighted by Crippen LogP contribution is 2.28. The van der Waals surface area contributed by atoms with Gasteiger partial charge in [-0.05, 0) is 46.5 Å². The maximum absolute atomic E-state index is 12.1. The Morgan fingerprint density at radius 1 is 1.28 bits per heavy atom. The van der Waals surface area contributed by atoms with Crippen molar-refractivity contribution in [2.75, 3.05) is 53.5 Å². The van der Waals surface area contributed by atoms with Crippen molar-refractivity contribution in [3.05, 3.63) is 0 Å². The summed E-state index contributed by atoms with van der Waals surface area (Å²) < 4.78 is 11.1. The first-order valence-electron chi connectivity index (χ1n) is 9.24. The Bertz CT molecular complexity index is 431. The van der Waals surface area contributed by atoms with Gasteiger partial charge in [-0.15, -0.1) is 0 Å². The fraction of sp³-hybridized carbons (Fsp3) is 0.889. The van der Waals surface area contributed by atoms with Crippen molar-refractivity contribution in [1.29, 1.82) is 0 Å². The van der Waals surface area contributed by atoms with E-state index in [2.05, 4.69) is 10.3 Å². The van der Waals surface area contributed by atoms with Crippen molar-refractivity contribution in [2.24, 2.45) is 10.9 Å². The van der Waals surface area contributed by atoms with Gasteiger partial charge in [0.05, 0.1) is 6.61 Å². The zero-order valence-corrected chi connectivity index (χ0v) is 16.8. The second kappa shape index (κ2) is 10.5. The molecule has 0 radical (unpaired) electrons. The van der Waals surface area contributed by atoms with Crippen LogP contribution in [0.1, 0.15) is 40.5 Å². The van der Waals surface area contributed by atoms with Crippen molar-refractivity contribution >= 4 is 12.1 Å². The van der Waals surface area contributed by atoms with Gasteiger partial charge < -0.3 is 24.6 Å². The number of nitrogens with one attached hydrogen (secondary N) is 1. The zero-order chi connectivity index (χ0) is 18.9. The molecule has 0 aromatic carbocycles. The third-order valence-corrected chi connectivity index (χ3v) is 3.89. The molecule has 1 amide bonds. The topological polar surface area (TPSA) is 66.4 Å². The van der Waals surface area contributed by atoms with E-state index in [4.69, 9.17) is 9.47 Å². The lowest BCUT2D eigenvalue weighted by molar-refractivity contribution is 0.0263. The van der Waals surface area contributed by atoms with E-state index in [9.17, 15) is 4.79 Å². The summed E-state index contributed by atoms with van der Waals surface area (Å²) in [5, 5.41) is 3.28. The first kappa shape index (κ1) is 21.5. The largest absolute Gasteiger partial charge is 0.444 e. The number of rotatable bonds is 9. The molecule has 7 nitrogen and oxygen atoms in total. The maximum Gasteiger partial charge on any atom is 0.410 e. The molecule has 25 heavy (non-hydrogen) atoms. The van der Waals surface area contributed by atoms with E-state index in [0.717, 1.165) is 25.0 Å². The first-order valence-corrected chi connectivity index (χ1v) is 9.24. The van der Waals surface area contributed by atoms with Crippen molar-refractivity contribution in [3.63, 3.8) is 0 Å². The van der Waals surface area contributed by atoms with Crippen LogP contribution in [0.3, 0.4) is 0 Å². The molecule has 0 heterocycles. The molecule has 0 saturated heterocycles. The van der Waals surface area contributed by atoms with E-state index in [0.29, 0.717) is 26.2 Å². The highest BCUT2D eigenvalue weighted by atomic mass is 16.6. The van der Waals surface area contributed by atoms with E-state index >= 15 is 0 Å². The molecule has 1 aliphatic carbocycles. The first-order chi connectivity index (χ1) is 11.8. The van der Waals surface area contributed by atoms with E-state index in [1.807, 2.05) is 39.6 Å². The van der Waals surface area contributed by atoms with Crippen molar-refractivity contribution in [3.8, 4) is 0 Å². The molecule has 0 aliphatic heterocycles. The number of guanidine groups is 1. The number of likely N-dealkylation sites (N-methyl/N-ethyl adjacent to an activating group) is 2. The van der Waals surface area contributed by atoms with Crippen molar-refractivity contribution in [2.45, 2.75) is 46.1 Å². The molecule has 0 bridgehead atoms. The van der Waals surface area contributed by atoms with Gasteiger partial charge in [0.15, 0.2) is 5.96 Å². The van der Waals surface area contributed by atoms with Gasteiger partial charge in [0.25, 0.3) is 0 Å². The minimum atomic E-state index is -0.478. The normalized spacial score (nSPS) is 15.0. The number of carbonyl (C=O) groups is 1. The van der Waals surface area contributed by atoms with Crippen molar-refractivity contribution in [1.82, 2.24) is 15.1 Å². The van der Waals surface area contributed by atoms with E-state index < -0.39 is 5.60 Å². The average Bonchev–Trinajstić information content (AvgIpc) is 3.34. The van der Waals surface area contributed by atoms with Crippen LogP contribution >= 0.6 is 0 Å². The highest BCUT2D eigenvalue weighted by Gasteiger charge is 2.22. The summed E-state index contributed by atoms with van der Waals surface area (Å²) in [6.45, 7) is 11.7. The summed E-state index contributed by atoms with van der Waals surface area (Å²) in [7, 11) is 3.75. The van der Waals surface area contributed by atoms with Gasteiger partial charge in [-0.2, -0.15) is 0 Å². The lowest BCUT2D eigenvalue weighted by Gasteiger charge is -2.27. The SMILES string of the molecule is CCN(CCNC(=NC)N(C)CCOCC1CC1)C(=O)OC(C)(C)C. The molecule has 1 fully saturated rings. The zero-order valence-electron chi connectivity index (χ0n) is 16.8. The number of amides is 1. The number of aliphatic imine (C=N–C) groups is 1. The summed E-state index contributed by atoms with van der Waals surface area (Å²) in [6.07, 6.45) is 2.34. The predicted octanol–water partition coefficient (Wildman–Crippen LogP) is 2.18. The Morgan fingerprint density at radius 2 is 1.96 bits per heavy atom. The van der Waals surface area contributed by atoms with Gasteiger partial charge >= 0.3 is 6.09 Å². The lowest BCUT2D eigenvalue weighted by Crippen LogP contribution is -2.45. The summed E-state index contributed by atoms with van der Waals surface area (Å²) in [5.74, 6) is 1.59. The molecule has 0 unspecified atom stereocenters. The third-order valence-electron chi connectivity index (χ3n) is 3.89. The second-order valence-electron chi connectivity index (χ2n) is 7.47. The van der Waals surface area contributed by atoms with E-state index in [1.165, 1.54) is 12.8 Å². The van der Waals surface area contributed by atoms with Crippen LogP contribution in [0, 0.1) is 5.92 Å². The summed E-state index contributed by atoms with van der Waals surface area (Å²) in [5.41, 5.74) is -0.478. The van der Waals surface area contributed by atoms with Crippen LogP contribution in [-0.4, -0.2) is 80.9 Å². The summed E-state index contributed by atoms with van der Waals surface area (Å²) in [6, 6.07) is 0. The molecule has 1 N–H and O–H groups in total. The molecule has 1 aliphatic rings. The Morgan fingerprint density at radius 3 is 2.48 bits per heavy atom. The predicted molar refractivity (Wildman–Crippen MR) is 101 cm³/mol. The molecule has 0 aromatic rings. The summed E-state index contributed by atoms with van der Waals surface area (Å²) in [4.78, 5) is 20.1. The van der Waals surface area contributed by atoms with Crippen LogP contribution < -0.4 is 5.32 Å². The van der Waals surface area contributed by atoms with Crippen LogP contribution in [0.2, 0.25) is 0 Å². The molecule has 146 valence electrons. The quantitative estimate of drug-likeness (QED) is 0.390. The average molecular weight is 357 g/mol. The number of hydrogen-bond donors (Lipinski definition) is 1. The van der Waals surface area contributed by atoms with Crippen LogP contribution in [0.5, 0.6) is 0 Å². The van der Waals surface area contributed by atoms with E-state index in [1.54, 1.807) is 11.9 Å². The molecule has 0 aromatic heterocycles. The maximum atomic E-state index is 12.1. The minimum Gasteiger partial charge on any atom is -0.444 e. The molecule has 1 rings (SSSR count). The number of hydrogen-bond acceptors (Lipinski definition) is 4. The number of carbonyl (C=O) groups excluding carboxylic acids is 1. The summed E-state index contributed by atoms with van der Waals surface area (Å²) >= 11 is 0. The van der Waals surface area contributed by atoms with Gasteiger partial charge in [0, 0.05) is 46.9 Å². The van der Waals surface area contributed by atoms with Crippen LogP contribution in [0.15, 0.2) is 4.99 Å². The van der Waals surface area contributed by atoms with Gasteiger partial charge in [0.2, 0.25) is 0 Å². The molecule has 1 saturated carbocycles. The van der Waals surface area contributed by atoms with Gasteiger partial charge in [-0.3, -0.25) is 4.99 Å². The number of nitrogens with zero attached hydrogens (tertiary/aromatic N) is 3. The Balaban J connectivity index is 2.28. The van der Waals surface area contributed by atoms with Crippen molar-refractivity contribution < 1.29 is 14.3 Å². The highest BCUT2D eigenvalue weighted by molar-refractivity contribution is 5.79. The minimum absolute atomic E-state index is 0.284. The van der Waals surface area contributed by atoms with Crippen LogP contribution in [0.4, 0.5) is 4.79 Å². The monoisotopic (exact) mass is 356 g/mol. The van der Waals surface area contributed by atoms with Crippen LogP contribution in [0.25, 0.3) is 0 Å². The van der Waals surface area contributed by atoms with E-state index in [-0.39, 0.29) is 6.09 Å². The molecule has 0 atom stereocenters. The van der Waals surface area contributed by atoms with Crippen LogP contribution in [-0.2, 0) is 9.47 Å².